The summed E-state index contributed by atoms with van der Waals surface area (Å²) in [6.07, 6.45) is 0.603. The number of carboxylic acid groups (broad SMARTS) is 1. The summed E-state index contributed by atoms with van der Waals surface area (Å²) < 4.78 is 27.2. The van der Waals surface area contributed by atoms with Gasteiger partial charge in [-0.15, -0.1) is 11.3 Å². The van der Waals surface area contributed by atoms with Gasteiger partial charge in [0.05, 0.1) is 10.9 Å². The number of thiophene rings is 1. The molecule has 2 heterocycles. The third kappa shape index (κ3) is 3.90. The number of likely N-dealkylation sites (tertiary alicyclic amines) is 1. The van der Waals surface area contributed by atoms with Crippen LogP contribution in [0.15, 0.2) is 16.3 Å². The summed E-state index contributed by atoms with van der Waals surface area (Å²) in [7, 11) is -3.56. The Labute approximate surface area is 120 Å². The maximum atomic E-state index is 12.0. The van der Waals surface area contributed by atoms with Gasteiger partial charge in [-0.2, -0.15) is 0 Å². The molecule has 0 unspecified atom stereocenters. The number of nitrogens with zero attached hydrogens (tertiary/aromatic N) is 1. The van der Waals surface area contributed by atoms with Gasteiger partial charge in [0, 0.05) is 19.1 Å². The Bertz CT molecular complexity index is 572. The molecular weight excluding hydrogens is 312 g/mol. The highest BCUT2D eigenvalue weighted by molar-refractivity contribution is 7.91. The number of nitrogens with one attached hydrogen (secondary N) is 1. The van der Waals surface area contributed by atoms with E-state index in [0.717, 1.165) is 11.3 Å². The minimum atomic E-state index is -3.56. The van der Waals surface area contributed by atoms with E-state index >= 15 is 0 Å². The molecular formula is C10H13ClN2O4S2. The van der Waals surface area contributed by atoms with Crippen molar-refractivity contribution in [2.75, 3.05) is 19.6 Å². The van der Waals surface area contributed by atoms with Crippen molar-refractivity contribution in [1.82, 2.24) is 9.62 Å². The quantitative estimate of drug-likeness (QED) is 0.838. The Hall–Kier alpha value is -0.670. The lowest BCUT2D eigenvalue weighted by molar-refractivity contribution is -0.138. The number of carboxylic acids is 1. The minimum Gasteiger partial charge on any atom is -0.480 e. The highest BCUT2D eigenvalue weighted by atomic mass is 35.5. The fraction of sp³-hybridized carbons (Fsp3) is 0.500. The number of aliphatic carboxylic acids is 1. The SMILES string of the molecule is O=C(O)CN1CC[C@@H](NS(=O)(=O)c2ccc(Cl)s2)C1. The van der Waals surface area contributed by atoms with E-state index in [0.29, 0.717) is 23.8 Å². The Morgan fingerprint density at radius 3 is 2.89 bits per heavy atom. The van der Waals surface area contributed by atoms with Crippen LogP contribution in [0.5, 0.6) is 0 Å². The molecule has 2 N–H and O–H groups in total. The molecule has 0 aliphatic carbocycles. The van der Waals surface area contributed by atoms with Crippen molar-refractivity contribution in [3.05, 3.63) is 16.5 Å². The Morgan fingerprint density at radius 2 is 2.32 bits per heavy atom. The maximum Gasteiger partial charge on any atom is 0.317 e. The summed E-state index contributed by atoms with van der Waals surface area (Å²) in [4.78, 5) is 12.3. The molecule has 0 spiro atoms. The highest BCUT2D eigenvalue weighted by Crippen LogP contribution is 2.26. The van der Waals surface area contributed by atoms with Gasteiger partial charge in [-0.05, 0) is 18.6 Å². The van der Waals surface area contributed by atoms with Crippen molar-refractivity contribution in [2.24, 2.45) is 0 Å². The van der Waals surface area contributed by atoms with E-state index in [2.05, 4.69) is 4.72 Å². The molecule has 0 bridgehead atoms. The van der Waals surface area contributed by atoms with Crippen LogP contribution in [0.25, 0.3) is 0 Å². The largest absolute Gasteiger partial charge is 0.480 e. The summed E-state index contributed by atoms with van der Waals surface area (Å²) in [6, 6.07) is 2.73. The van der Waals surface area contributed by atoms with E-state index in [1.807, 2.05) is 0 Å². The molecule has 0 radical (unpaired) electrons. The van der Waals surface area contributed by atoms with Gasteiger partial charge < -0.3 is 5.11 Å². The van der Waals surface area contributed by atoms with Crippen LogP contribution < -0.4 is 4.72 Å². The Kier molecular flexibility index (Phi) is 4.46. The lowest BCUT2D eigenvalue weighted by Crippen LogP contribution is -2.37. The molecule has 0 amide bonds. The predicted molar refractivity (Wildman–Crippen MR) is 72.1 cm³/mol. The lowest BCUT2D eigenvalue weighted by Gasteiger charge is -2.14. The van der Waals surface area contributed by atoms with Crippen LogP contribution in [0.2, 0.25) is 4.34 Å². The first-order chi connectivity index (χ1) is 8.87. The zero-order valence-electron chi connectivity index (χ0n) is 9.87. The monoisotopic (exact) mass is 324 g/mol. The van der Waals surface area contributed by atoms with E-state index in [1.54, 1.807) is 4.90 Å². The van der Waals surface area contributed by atoms with Crippen LogP contribution in [0.1, 0.15) is 6.42 Å². The van der Waals surface area contributed by atoms with Crippen molar-refractivity contribution >= 4 is 38.9 Å². The second kappa shape index (κ2) is 5.76. The fourth-order valence-electron chi connectivity index (χ4n) is 1.98. The van der Waals surface area contributed by atoms with Crippen LogP contribution in [0.3, 0.4) is 0 Å². The number of sulfonamides is 1. The first-order valence-corrected chi connectivity index (χ1v) is 8.26. The molecule has 1 aromatic rings. The second-order valence-electron chi connectivity index (χ2n) is 4.29. The summed E-state index contributed by atoms with van der Waals surface area (Å²) in [6.45, 7) is 0.915. The number of rotatable bonds is 5. The second-order valence-corrected chi connectivity index (χ2v) is 7.95. The summed E-state index contributed by atoms with van der Waals surface area (Å²) in [5.41, 5.74) is 0. The summed E-state index contributed by atoms with van der Waals surface area (Å²) in [5.74, 6) is -0.909. The van der Waals surface area contributed by atoms with Crippen molar-refractivity contribution in [1.29, 1.82) is 0 Å². The van der Waals surface area contributed by atoms with Gasteiger partial charge in [-0.1, -0.05) is 11.6 Å². The van der Waals surface area contributed by atoms with E-state index < -0.39 is 16.0 Å². The maximum absolute atomic E-state index is 12.0. The van der Waals surface area contributed by atoms with Gasteiger partial charge in [0.15, 0.2) is 0 Å². The van der Waals surface area contributed by atoms with Gasteiger partial charge in [-0.3, -0.25) is 9.69 Å². The van der Waals surface area contributed by atoms with Crippen LogP contribution in [-0.2, 0) is 14.8 Å². The van der Waals surface area contributed by atoms with Gasteiger partial charge >= 0.3 is 5.97 Å². The molecule has 2 rings (SSSR count). The van der Waals surface area contributed by atoms with E-state index in [9.17, 15) is 13.2 Å². The Morgan fingerprint density at radius 1 is 1.58 bits per heavy atom. The van der Waals surface area contributed by atoms with Crippen LogP contribution in [-0.4, -0.2) is 50.1 Å². The average Bonchev–Trinajstić information content (AvgIpc) is 2.87. The lowest BCUT2D eigenvalue weighted by atomic mass is 10.3. The van der Waals surface area contributed by atoms with Crippen LogP contribution in [0, 0.1) is 0 Å². The van der Waals surface area contributed by atoms with Crippen LogP contribution >= 0.6 is 22.9 Å². The van der Waals surface area contributed by atoms with E-state index in [1.165, 1.54) is 12.1 Å². The normalized spacial score (nSPS) is 20.8. The first kappa shape index (κ1) is 14.7. The predicted octanol–water partition coefficient (Wildman–Crippen LogP) is 0.839. The van der Waals surface area contributed by atoms with E-state index in [4.69, 9.17) is 16.7 Å². The molecule has 1 aliphatic rings. The minimum absolute atomic E-state index is 0.0664. The Balaban J connectivity index is 1.97. The topological polar surface area (TPSA) is 86.7 Å². The highest BCUT2D eigenvalue weighted by Gasteiger charge is 2.28. The molecule has 19 heavy (non-hydrogen) atoms. The molecule has 6 nitrogen and oxygen atoms in total. The summed E-state index contributed by atoms with van der Waals surface area (Å²) in [5, 5.41) is 8.68. The standard InChI is InChI=1S/C10H13ClN2O4S2/c11-8-1-2-10(18-8)19(16,17)12-7-3-4-13(5-7)6-9(14)15/h1-2,7,12H,3-6H2,(H,14,15)/t7-/m1/s1. The molecule has 1 aromatic heterocycles. The molecule has 1 aliphatic heterocycles. The molecule has 9 heteroatoms. The van der Waals surface area contributed by atoms with Crippen molar-refractivity contribution in [2.45, 2.75) is 16.7 Å². The zero-order valence-corrected chi connectivity index (χ0v) is 12.3. The smallest absolute Gasteiger partial charge is 0.317 e. The van der Waals surface area contributed by atoms with Crippen LogP contribution in [0.4, 0.5) is 0 Å². The van der Waals surface area contributed by atoms with Gasteiger partial charge in [0.25, 0.3) is 0 Å². The first-order valence-electron chi connectivity index (χ1n) is 5.58. The number of carbonyl (C=O) groups is 1. The van der Waals surface area contributed by atoms with Crippen molar-refractivity contribution in [3.63, 3.8) is 0 Å². The molecule has 1 fully saturated rings. The fourth-order valence-corrected chi connectivity index (χ4v) is 4.74. The average molecular weight is 325 g/mol. The number of hydrogen-bond donors (Lipinski definition) is 2. The molecule has 1 atom stereocenters. The van der Waals surface area contributed by atoms with Crippen molar-refractivity contribution < 1.29 is 18.3 Å². The molecule has 1 saturated heterocycles. The third-order valence-corrected chi connectivity index (χ3v) is 6.01. The van der Waals surface area contributed by atoms with Crippen molar-refractivity contribution in [3.8, 4) is 0 Å². The molecule has 0 aromatic carbocycles. The van der Waals surface area contributed by atoms with Gasteiger partial charge in [0.1, 0.15) is 4.21 Å². The summed E-state index contributed by atoms with van der Waals surface area (Å²) >= 11 is 6.71. The van der Waals surface area contributed by atoms with Gasteiger partial charge in [-0.25, -0.2) is 13.1 Å². The number of hydrogen-bond acceptors (Lipinski definition) is 5. The number of halogens is 1. The third-order valence-electron chi connectivity index (χ3n) is 2.77. The van der Waals surface area contributed by atoms with Gasteiger partial charge in [0.2, 0.25) is 10.0 Å². The molecule has 106 valence electrons. The zero-order chi connectivity index (χ0) is 14.0. The van der Waals surface area contributed by atoms with E-state index in [-0.39, 0.29) is 16.8 Å². The molecule has 0 saturated carbocycles.